The van der Waals surface area contributed by atoms with E-state index in [-0.39, 0.29) is 12.7 Å². The Morgan fingerprint density at radius 3 is 1.51 bits per heavy atom. The number of piperidine rings is 1. The third-order valence-corrected chi connectivity index (χ3v) is 13.0. The van der Waals surface area contributed by atoms with Crippen LogP contribution in [0, 0.1) is 0 Å². The molecule has 1 N–H and O–H groups in total. The first-order chi connectivity index (χ1) is 19.6. The fourth-order valence-electron chi connectivity index (χ4n) is 6.49. The Bertz CT molecular complexity index is 1330. The molecule has 41 heavy (non-hydrogen) atoms. The van der Waals surface area contributed by atoms with Crippen molar-refractivity contribution in [3.8, 4) is 0 Å². The summed E-state index contributed by atoms with van der Waals surface area (Å²) in [6.45, 7) is 7.91. The minimum atomic E-state index is -2.59. The molecule has 0 aromatic heterocycles. The van der Waals surface area contributed by atoms with Gasteiger partial charge < -0.3 is 5.21 Å². The van der Waals surface area contributed by atoms with E-state index in [1.54, 1.807) is 0 Å². The average Bonchev–Trinajstić information content (AvgIpc) is 2.97. The quantitative estimate of drug-likeness (QED) is 0.215. The van der Waals surface area contributed by atoms with Gasteiger partial charge in [0.2, 0.25) is 0 Å². The molecule has 6 heteroatoms. The summed E-state index contributed by atoms with van der Waals surface area (Å²) in [5, 5.41) is 17.1. The van der Waals surface area contributed by atoms with Gasteiger partial charge in [-0.05, 0) is 0 Å². The first-order valence-electron chi connectivity index (χ1n) is 14.2. The van der Waals surface area contributed by atoms with Gasteiger partial charge in [-0.3, -0.25) is 0 Å². The molecule has 0 atom stereocenters. The summed E-state index contributed by atoms with van der Waals surface area (Å²) < 4.78 is 11.2. The monoisotopic (exact) mass is 569 g/mol. The van der Waals surface area contributed by atoms with Crippen molar-refractivity contribution in [3.63, 3.8) is 0 Å². The summed E-state index contributed by atoms with van der Waals surface area (Å²) in [6.07, 6.45) is 0.0511. The summed E-state index contributed by atoms with van der Waals surface area (Å²) in [5.74, 6) is 0. The van der Waals surface area contributed by atoms with E-state index >= 15 is 0 Å². The Kier molecular flexibility index (Phi) is 8.33. The molecule has 0 unspecified atom stereocenters. The summed E-state index contributed by atoms with van der Waals surface area (Å²) in [5.41, 5.74) is -0.113. The van der Waals surface area contributed by atoms with Crippen LogP contribution in [0.1, 0.15) is 46.1 Å². The fraction of sp³-hybridized carbons (Fsp3) is 0.286. The van der Waals surface area contributed by atoms with Crippen molar-refractivity contribution in [1.29, 1.82) is 0 Å². The Morgan fingerprint density at radius 2 is 1.10 bits per heavy atom. The first-order valence-corrected chi connectivity index (χ1v) is 16.2. The van der Waals surface area contributed by atoms with Crippen molar-refractivity contribution in [1.82, 2.24) is 5.06 Å². The molecule has 5 nitrogen and oxygen atoms in total. The van der Waals surface area contributed by atoms with Gasteiger partial charge in [0.05, 0.1) is 0 Å². The molecule has 1 fully saturated rings. The molecule has 0 radical (unpaired) electrons. The summed E-state index contributed by atoms with van der Waals surface area (Å²) in [7, 11) is -2.59. The van der Waals surface area contributed by atoms with Gasteiger partial charge in [0.25, 0.3) is 0 Å². The van der Waals surface area contributed by atoms with Crippen LogP contribution in [0.2, 0.25) is 0 Å². The van der Waals surface area contributed by atoms with Crippen LogP contribution in [0.4, 0.5) is 4.79 Å². The molecule has 0 bridgehead atoms. The SMILES string of the molecule is CC1(C)CC(OC(=O)OCc2ccc([PH](c3ccccc3)(c3ccccc3)c3ccccc3)cc2)CC(C)(C)N1O. The summed E-state index contributed by atoms with van der Waals surface area (Å²) in [6, 6.07) is 40.8. The zero-order valence-electron chi connectivity index (χ0n) is 24.3. The standard InChI is InChI=1S/C35H40NO4P/c1-34(2)24-28(25-35(3,4)36(34)38)40-33(37)39-26-27-20-22-32(23-21-27)41(29-14-8-5-9-15-29,30-16-10-6-11-17-30)31-18-12-7-13-19-31/h5-23,28,38,41H,24-26H2,1-4H3. The second-order valence-electron chi connectivity index (χ2n) is 12.2. The number of carbonyl (C=O) groups excluding carboxylic acids is 1. The Hall–Kier alpha value is -3.50. The van der Waals surface area contributed by atoms with Gasteiger partial charge in [0.1, 0.15) is 0 Å². The van der Waals surface area contributed by atoms with E-state index in [1.165, 1.54) is 26.3 Å². The molecule has 4 aromatic carbocycles. The number of ether oxygens (including phenoxy) is 2. The second kappa shape index (κ2) is 11.8. The molecule has 0 amide bonds. The molecule has 1 heterocycles. The number of hydrogen-bond acceptors (Lipinski definition) is 5. The smallest absolute Gasteiger partial charge is 0.313 e. The summed E-state index contributed by atoms with van der Waals surface area (Å²) in [4.78, 5) is 12.7. The molecule has 0 spiro atoms. The zero-order valence-corrected chi connectivity index (χ0v) is 25.3. The van der Waals surface area contributed by atoms with Crippen LogP contribution < -0.4 is 21.2 Å². The molecule has 1 aliphatic heterocycles. The number of hydrogen-bond donors (Lipinski definition) is 1. The van der Waals surface area contributed by atoms with Crippen LogP contribution in [0.15, 0.2) is 115 Å². The zero-order chi connectivity index (χ0) is 29.1. The van der Waals surface area contributed by atoms with Crippen LogP contribution in [0.5, 0.6) is 0 Å². The predicted octanol–water partition coefficient (Wildman–Crippen LogP) is 6.10. The van der Waals surface area contributed by atoms with Crippen molar-refractivity contribution in [3.05, 3.63) is 121 Å². The normalized spacial score (nSPS) is 17.5. The topological polar surface area (TPSA) is 59.0 Å². The molecule has 0 saturated carbocycles. The van der Waals surface area contributed by atoms with Gasteiger partial charge >= 0.3 is 239 Å². The fourth-order valence-corrected chi connectivity index (χ4v) is 11.2. The number of benzene rings is 4. The van der Waals surface area contributed by atoms with E-state index in [0.717, 1.165) is 5.56 Å². The molecule has 5 rings (SSSR count). The molecule has 4 aromatic rings. The number of carbonyl (C=O) groups is 1. The van der Waals surface area contributed by atoms with Crippen LogP contribution in [-0.2, 0) is 16.1 Å². The molecule has 1 aliphatic rings. The van der Waals surface area contributed by atoms with Crippen molar-refractivity contribution >= 4 is 34.6 Å². The van der Waals surface area contributed by atoms with Crippen LogP contribution in [-0.4, -0.2) is 33.6 Å². The second-order valence-corrected chi connectivity index (χ2v) is 16.0. The van der Waals surface area contributed by atoms with E-state index in [1.807, 2.05) is 27.7 Å². The maximum atomic E-state index is 12.7. The van der Waals surface area contributed by atoms with Gasteiger partial charge in [0.15, 0.2) is 0 Å². The van der Waals surface area contributed by atoms with E-state index in [4.69, 9.17) is 9.47 Å². The minimum absolute atomic E-state index is 0.126. The van der Waals surface area contributed by atoms with E-state index in [2.05, 4.69) is 115 Å². The number of nitrogens with zero attached hydrogens (tertiary/aromatic N) is 1. The maximum absolute atomic E-state index is 12.7. The van der Waals surface area contributed by atoms with Gasteiger partial charge in [-0.1, -0.05) is 0 Å². The van der Waals surface area contributed by atoms with Crippen molar-refractivity contribution in [2.75, 3.05) is 0 Å². The average molecular weight is 570 g/mol. The Morgan fingerprint density at radius 1 is 0.707 bits per heavy atom. The van der Waals surface area contributed by atoms with Crippen LogP contribution >= 0.6 is 7.26 Å². The van der Waals surface area contributed by atoms with Gasteiger partial charge in [0, 0.05) is 0 Å². The van der Waals surface area contributed by atoms with Crippen molar-refractivity contribution in [2.45, 2.75) is 64.3 Å². The first kappa shape index (κ1) is 29.0. The third-order valence-electron chi connectivity index (χ3n) is 8.23. The van der Waals surface area contributed by atoms with Crippen molar-refractivity contribution in [2.24, 2.45) is 0 Å². The predicted molar refractivity (Wildman–Crippen MR) is 169 cm³/mol. The molecule has 1 saturated heterocycles. The van der Waals surface area contributed by atoms with E-state index in [9.17, 15) is 10.0 Å². The number of rotatable bonds is 7. The van der Waals surface area contributed by atoms with Crippen molar-refractivity contribution < 1.29 is 19.5 Å². The number of hydroxylamine groups is 2. The Labute approximate surface area is 244 Å². The molecule has 214 valence electrons. The minimum Gasteiger partial charge on any atom is -0.313 e. The van der Waals surface area contributed by atoms with Gasteiger partial charge in [-0.25, -0.2) is 0 Å². The van der Waals surface area contributed by atoms with Gasteiger partial charge in [-0.15, -0.1) is 0 Å². The summed E-state index contributed by atoms with van der Waals surface area (Å²) >= 11 is 0. The van der Waals surface area contributed by atoms with Gasteiger partial charge in [-0.2, -0.15) is 0 Å². The Balaban J connectivity index is 1.39. The van der Waals surface area contributed by atoms with E-state index < -0.39 is 24.5 Å². The van der Waals surface area contributed by atoms with Crippen LogP contribution in [0.3, 0.4) is 0 Å². The van der Waals surface area contributed by atoms with Crippen LogP contribution in [0.25, 0.3) is 0 Å². The molecular weight excluding hydrogens is 529 g/mol. The third kappa shape index (κ3) is 5.94. The molecular formula is C35H40NO4P. The van der Waals surface area contributed by atoms with E-state index in [0.29, 0.717) is 12.8 Å². The molecule has 0 aliphatic carbocycles.